The van der Waals surface area contributed by atoms with E-state index >= 15 is 0 Å². The molecule has 22 heavy (non-hydrogen) atoms. The first-order valence-corrected chi connectivity index (χ1v) is 7.10. The van der Waals surface area contributed by atoms with Gasteiger partial charge in [-0.2, -0.15) is 0 Å². The number of amides is 1. The fraction of sp³-hybridized carbons (Fsp3) is 0.312. The van der Waals surface area contributed by atoms with Crippen molar-refractivity contribution in [3.8, 4) is 0 Å². The number of methoxy groups -OCH3 is 1. The van der Waals surface area contributed by atoms with Crippen molar-refractivity contribution in [3.63, 3.8) is 0 Å². The van der Waals surface area contributed by atoms with E-state index in [4.69, 9.17) is 4.74 Å². The lowest BCUT2D eigenvalue weighted by Crippen LogP contribution is -2.27. The summed E-state index contributed by atoms with van der Waals surface area (Å²) in [4.78, 5) is 20.1. The Bertz CT molecular complexity index is 587. The number of aromatic nitrogens is 2. The van der Waals surface area contributed by atoms with Crippen LogP contribution >= 0.6 is 0 Å². The minimum Gasteiger partial charge on any atom is -0.383 e. The monoisotopic (exact) mass is 300 g/mol. The Labute approximate surface area is 129 Å². The van der Waals surface area contributed by atoms with Gasteiger partial charge in [0.1, 0.15) is 5.82 Å². The molecule has 116 valence electrons. The van der Waals surface area contributed by atoms with Gasteiger partial charge in [0.15, 0.2) is 0 Å². The number of ether oxygens (including phenoxy) is 1. The Morgan fingerprint density at radius 2 is 2.05 bits per heavy atom. The lowest BCUT2D eigenvalue weighted by atomic mass is 10.1. The van der Waals surface area contributed by atoms with E-state index in [2.05, 4.69) is 20.6 Å². The summed E-state index contributed by atoms with van der Waals surface area (Å²) in [7, 11) is 1.60. The highest BCUT2D eigenvalue weighted by atomic mass is 16.5. The Morgan fingerprint density at radius 3 is 2.68 bits per heavy atom. The third kappa shape index (κ3) is 4.53. The van der Waals surface area contributed by atoms with Crippen LogP contribution in [0, 0.1) is 0 Å². The van der Waals surface area contributed by atoms with Crippen molar-refractivity contribution in [2.45, 2.75) is 13.0 Å². The smallest absolute Gasteiger partial charge is 0.252 e. The van der Waals surface area contributed by atoms with Crippen LogP contribution in [0.5, 0.6) is 0 Å². The van der Waals surface area contributed by atoms with Gasteiger partial charge in [0.2, 0.25) is 0 Å². The molecule has 0 saturated heterocycles. The van der Waals surface area contributed by atoms with Gasteiger partial charge in [0.05, 0.1) is 18.2 Å². The molecule has 6 nitrogen and oxygen atoms in total. The number of anilines is 1. The van der Waals surface area contributed by atoms with Gasteiger partial charge >= 0.3 is 0 Å². The molecule has 1 atom stereocenters. The minimum absolute atomic E-state index is 0.108. The third-order valence-corrected chi connectivity index (χ3v) is 3.19. The number of carbonyl (C=O) groups excluding carboxylic acids is 1. The van der Waals surface area contributed by atoms with Crippen molar-refractivity contribution >= 4 is 11.7 Å². The summed E-state index contributed by atoms with van der Waals surface area (Å²) in [5.74, 6) is 0.566. The second kappa shape index (κ2) is 8.09. The van der Waals surface area contributed by atoms with E-state index in [0.717, 1.165) is 11.4 Å². The first-order chi connectivity index (χ1) is 10.7. The molecular weight excluding hydrogens is 280 g/mol. The summed E-state index contributed by atoms with van der Waals surface area (Å²) in [5, 5.41) is 6.04. The molecule has 0 aliphatic rings. The maximum Gasteiger partial charge on any atom is 0.252 e. The summed E-state index contributed by atoms with van der Waals surface area (Å²) in [6.45, 7) is 3.01. The number of nitrogens with zero attached hydrogens (tertiary/aromatic N) is 2. The van der Waals surface area contributed by atoms with E-state index in [-0.39, 0.29) is 11.9 Å². The summed E-state index contributed by atoms with van der Waals surface area (Å²) in [6, 6.07) is 7.56. The molecule has 0 aliphatic carbocycles. The molecule has 2 N–H and O–H groups in total. The van der Waals surface area contributed by atoms with Crippen molar-refractivity contribution < 1.29 is 9.53 Å². The number of rotatable bonds is 7. The number of nitrogens with one attached hydrogen (secondary N) is 2. The van der Waals surface area contributed by atoms with Crippen LogP contribution in [0.4, 0.5) is 5.82 Å². The van der Waals surface area contributed by atoms with Gasteiger partial charge in [-0.25, -0.2) is 4.98 Å². The molecule has 2 rings (SSSR count). The van der Waals surface area contributed by atoms with Gasteiger partial charge in [0.25, 0.3) is 5.91 Å². The highest BCUT2D eigenvalue weighted by molar-refractivity contribution is 5.94. The van der Waals surface area contributed by atoms with Crippen LogP contribution < -0.4 is 10.6 Å². The van der Waals surface area contributed by atoms with E-state index in [0.29, 0.717) is 18.7 Å². The summed E-state index contributed by atoms with van der Waals surface area (Å²) >= 11 is 0. The fourth-order valence-electron chi connectivity index (χ4n) is 1.94. The van der Waals surface area contributed by atoms with Crippen molar-refractivity contribution in [2.24, 2.45) is 0 Å². The van der Waals surface area contributed by atoms with Crippen LogP contribution in [-0.4, -0.2) is 36.1 Å². The Balaban J connectivity index is 1.93. The zero-order valence-corrected chi connectivity index (χ0v) is 12.7. The van der Waals surface area contributed by atoms with Crippen molar-refractivity contribution in [1.29, 1.82) is 0 Å². The van der Waals surface area contributed by atoms with Crippen molar-refractivity contribution in [2.75, 3.05) is 25.6 Å². The zero-order chi connectivity index (χ0) is 15.8. The third-order valence-electron chi connectivity index (χ3n) is 3.19. The van der Waals surface area contributed by atoms with E-state index in [1.54, 1.807) is 37.8 Å². The highest BCUT2D eigenvalue weighted by Gasteiger charge is 2.08. The SMILES string of the molecule is COCCNC(=O)c1ccc(N[C@H](C)c2ccncc2)nc1. The average Bonchev–Trinajstić information content (AvgIpc) is 2.56. The molecule has 2 heterocycles. The Morgan fingerprint density at radius 1 is 1.27 bits per heavy atom. The Hall–Kier alpha value is -2.47. The minimum atomic E-state index is -0.154. The van der Waals surface area contributed by atoms with Gasteiger partial charge in [-0.15, -0.1) is 0 Å². The summed E-state index contributed by atoms with van der Waals surface area (Å²) in [5.41, 5.74) is 1.65. The molecular formula is C16H20N4O2. The largest absolute Gasteiger partial charge is 0.383 e. The maximum atomic E-state index is 11.8. The molecule has 1 amide bonds. The van der Waals surface area contributed by atoms with Crippen LogP contribution in [0.3, 0.4) is 0 Å². The molecule has 0 aromatic carbocycles. The summed E-state index contributed by atoms with van der Waals surface area (Å²) in [6.07, 6.45) is 5.08. The van der Waals surface area contributed by atoms with Crippen LogP contribution in [0.15, 0.2) is 42.9 Å². The molecule has 0 aliphatic heterocycles. The van der Waals surface area contributed by atoms with Gasteiger partial charge in [0, 0.05) is 32.2 Å². The van der Waals surface area contributed by atoms with E-state index in [1.165, 1.54) is 0 Å². The van der Waals surface area contributed by atoms with Gasteiger partial charge in [-0.3, -0.25) is 9.78 Å². The van der Waals surface area contributed by atoms with Crippen molar-refractivity contribution in [1.82, 2.24) is 15.3 Å². The highest BCUT2D eigenvalue weighted by Crippen LogP contribution is 2.16. The lowest BCUT2D eigenvalue weighted by Gasteiger charge is -2.14. The lowest BCUT2D eigenvalue weighted by molar-refractivity contribution is 0.0937. The molecule has 0 unspecified atom stereocenters. The zero-order valence-electron chi connectivity index (χ0n) is 12.7. The second-order valence-corrected chi connectivity index (χ2v) is 4.83. The second-order valence-electron chi connectivity index (χ2n) is 4.83. The fourth-order valence-corrected chi connectivity index (χ4v) is 1.94. The predicted molar refractivity (Wildman–Crippen MR) is 84.7 cm³/mol. The van der Waals surface area contributed by atoms with E-state index < -0.39 is 0 Å². The molecule has 0 fully saturated rings. The first-order valence-electron chi connectivity index (χ1n) is 7.10. The van der Waals surface area contributed by atoms with Crippen LogP contribution in [-0.2, 0) is 4.74 Å². The van der Waals surface area contributed by atoms with Crippen molar-refractivity contribution in [3.05, 3.63) is 54.0 Å². The number of hydrogen-bond acceptors (Lipinski definition) is 5. The van der Waals surface area contributed by atoms with Gasteiger partial charge < -0.3 is 15.4 Å². The van der Waals surface area contributed by atoms with E-state index in [9.17, 15) is 4.79 Å². The van der Waals surface area contributed by atoms with Gasteiger partial charge in [-0.1, -0.05) is 0 Å². The maximum absolute atomic E-state index is 11.8. The molecule has 2 aromatic rings. The molecule has 0 bridgehead atoms. The number of pyridine rings is 2. The average molecular weight is 300 g/mol. The number of hydrogen-bond donors (Lipinski definition) is 2. The summed E-state index contributed by atoms with van der Waals surface area (Å²) < 4.78 is 4.89. The molecule has 2 aromatic heterocycles. The van der Waals surface area contributed by atoms with E-state index in [1.807, 2.05) is 19.1 Å². The molecule has 6 heteroatoms. The normalized spacial score (nSPS) is 11.7. The Kier molecular flexibility index (Phi) is 5.85. The molecule has 0 spiro atoms. The number of carbonyl (C=O) groups is 1. The topological polar surface area (TPSA) is 76.1 Å². The standard InChI is InChI=1S/C16H20N4O2/c1-12(13-5-7-17-8-6-13)20-15-4-3-14(11-19-15)16(21)18-9-10-22-2/h3-8,11-12H,9-10H2,1-2H3,(H,18,21)(H,19,20)/t12-/m1/s1. The predicted octanol–water partition coefficient (Wildman–Crippen LogP) is 2.03. The molecule has 0 radical (unpaired) electrons. The first kappa shape index (κ1) is 15.9. The van der Waals surface area contributed by atoms with Gasteiger partial charge in [-0.05, 0) is 36.8 Å². The quantitative estimate of drug-likeness (QED) is 0.765. The molecule has 0 saturated carbocycles. The van der Waals surface area contributed by atoms with Crippen LogP contribution in [0.25, 0.3) is 0 Å². The van der Waals surface area contributed by atoms with Crippen LogP contribution in [0.2, 0.25) is 0 Å². The van der Waals surface area contributed by atoms with Crippen LogP contribution in [0.1, 0.15) is 28.9 Å².